The highest BCUT2D eigenvalue weighted by molar-refractivity contribution is 7.99. The van der Waals surface area contributed by atoms with Crippen LogP contribution in [0.3, 0.4) is 0 Å². The lowest BCUT2D eigenvalue weighted by molar-refractivity contribution is 0.314. The molecule has 0 atom stereocenters. The Morgan fingerprint density at radius 3 is 3.00 bits per heavy atom. The molecule has 5 nitrogen and oxygen atoms in total. The Morgan fingerprint density at radius 2 is 2.28 bits per heavy atom. The average Bonchev–Trinajstić information content (AvgIpc) is 2.41. The van der Waals surface area contributed by atoms with E-state index in [1.807, 2.05) is 11.8 Å². The van der Waals surface area contributed by atoms with Crippen LogP contribution >= 0.6 is 11.8 Å². The van der Waals surface area contributed by atoms with E-state index in [9.17, 15) is 0 Å². The van der Waals surface area contributed by atoms with Crippen LogP contribution in [0.25, 0.3) is 0 Å². The number of nitrogen functional groups attached to an aromatic ring is 1. The van der Waals surface area contributed by atoms with Crippen LogP contribution in [0.2, 0.25) is 0 Å². The van der Waals surface area contributed by atoms with Gasteiger partial charge in [0.2, 0.25) is 0 Å². The highest BCUT2D eigenvalue weighted by Crippen LogP contribution is 2.14. The lowest BCUT2D eigenvalue weighted by atomic mass is 10.2. The fourth-order valence-corrected chi connectivity index (χ4v) is 2.84. The van der Waals surface area contributed by atoms with Crippen molar-refractivity contribution >= 4 is 23.3 Å². The molecule has 1 saturated heterocycles. The summed E-state index contributed by atoms with van der Waals surface area (Å²) in [5.74, 6) is 3.05. The summed E-state index contributed by atoms with van der Waals surface area (Å²) >= 11 is 2.00. The molecule has 1 fully saturated rings. The molecular formula is C12H17N5S. The van der Waals surface area contributed by atoms with Crippen molar-refractivity contribution in [3.8, 4) is 6.07 Å². The number of anilines is 2. The Morgan fingerprint density at radius 1 is 1.50 bits per heavy atom. The van der Waals surface area contributed by atoms with E-state index in [4.69, 9.17) is 11.0 Å². The van der Waals surface area contributed by atoms with Gasteiger partial charge in [-0.15, -0.1) is 0 Å². The standard InChI is InChI=1S/C12H17N5S/c13-8-10-7-11(14)9-16-12(10)15-1-2-17-3-5-18-6-4-17/h7,9H,1-6,14H2,(H,15,16). The first-order chi connectivity index (χ1) is 8.79. The third-order valence-corrected chi connectivity index (χ3v) is 3.80. The number of nitrogens with two attached hydrogens (primary N) is 1. The van der Waals surface area contributed by atoms with Gasteiger partial charge in [-0.1, -0.05) is 0 Å². The van der Waals surface area contributed by atoms with E-state index in [1.54, 1.807) is 12.3 Å². The van der Waals surface area contributed by atoms with Crippen LogP contribution in [0.1, 0.15) is 5.56 Å². The number of nitrogens with one attached hydrogen (secondary N) is 1. The molecular weight excluding hydrogens is 246 g/mol. The van der Waals surface area contributed by atoms with Crippen LogP contribution < -0.4 is 11.1 Å². The fraction of sp³-hybridized carbons (Fsp3) is 0.500. The Hall–Kier alpha value is -1.45. The number of thioether (sulfide) groups is 1. The van der Waals surface area contributed by atoms with E-state index < -0.39 is 0 Å². The van der Waals surface area contributed by atoms with Gasteiger partial charge < -0.3 is 11.1 Å². The van der Waals surface area contributed by atoms with Gasteiger partial charge in [0, 0.05) is 37.7 Å². The topological polar surface area (TPSA) is 78.0 Å². The molecule has 6 heteroatoms. The van der Waals surface area contributed by atoms with E-state index in [0.29, 0.717) is 17.1 Å². The van der Waals surface area contributed by atoms with Crippen molar-refractivity contribution in [1.29, 1.82) is 5.26 Å². The van der Waals surface area contributed by atoms with Crippen molar-refractivity contribution < 1.29 is 0 Å². The van der Waals surface area contributed by atoms with Crippen molar-refractivity contribution in [2.45, 2.75) is 0 Å². The molecule has 0 amide bonds. The van der Waals surface area contributed by atoms with Gasteiger partial charge in [0.05, 0.1) is 17.4 Å². The van der Waals surface area contributed by atoms with Crippen LogP contribution in [-0.4, -0.2) is 47.6 Å². The first-order valence-electron chi connectivity index (χ1n) is 5.99. The van der Waals surface area contributed by atoms with Crippen molar-refractivity contribution in [2.75, 3.05) is 48.7 Å². The molecule has 0 aliphatic carbocycles. The molecule has 0 radical (unpaired) electrons. The number of nitrogens with zero attached hydrogens (tertiary/aromatic N) is 3. The van der Waals surface area contributed by atoms with Crippen molar-refractivity contribution in [3.05, 3.63) is 17.8 Å². The molecule has 1 aliphatic heterocycles. The monoisotopic (exact) mass is 263 g/mol. The summed E-state index contributed by atoms with van der Waals surface area (Å²) in [4.78, 5) is 6.57. The maximum atomic E-state index is 8.99. The second-order valence-electron chi connectivity index (χ2n) is 4.16. The van der Waals surface area contributed by atoms with Gasteiger partial charge in [0.15, 0.2) is 0 Å². The van der Waals surface area contributed by atoms with Crippen molar-refractivity contribution in [2.24, 2.45) is 0 Å². The Kier molecular flexibility index (Phi) is 4.67. The molecule has 2 heterocycles. The van der Waals surface area contributed by atoms with Gasteiger partial charge in [0.25, 0.3) is 0 Å². The number of rotatable bonds is 4. The largest absolute Gasteiger partial charge is 0.397 e. The maximum Gasteiger partial charge on any atom is 0.144 e. The molecule has 3 N–H and O–H groups in total. The number of nitriles is 1. The highest BCUT2D eigenvalue weighted by Gasteiger charge is 2.10. The Labute approximate surface area is 111 Å². The van der Waals surface area contributed by atoms with Crippen molar-refractivity contribution in [3.63, 3.8) is 0 Å². The summed E-state index contributed by atoms with van der Waals surface area (Å²) < 4.78 is 0. The third kappa shape index (κ3) is 3.52. The van der Waals surface area contributed by atoms with Gasteiger partial charge in [-0.05, 0) is 6.07 Å². The summed E-state index contributed by atoms with van der Waals surface area (Å²) in [7, 11) is 0. The second-order valence-corrected chi connectivity index (χ2v) is 5.38. The van der Waals surface area contributed by atoms with Crippen LogP contribution in [0.4, 0.5) is 11.5 Å². The molecule has 0 saturated carbocycles. The maximum absolute atomic E-state index is 8.99. The minimum absolute atomic E-state index is 0.504. The van der Waals surface area contributed by atoms with Gasteiger partial charge in [-0.3, -0.25) is 4.90 Å². The van der Waals surface area contributed by atoms with E-state index >= 15 is 0 Å². The van der Waals surface area contributed by atoms with Crippen LogP contribution in [0.5, 0.6) is 0 Å². The second kappa shape index (κ2) is 6.47. The quantitative estimate of drug-likeness (QED) is 0.843. The number of hydrogen-bond donors (Lipinski definition) is 2. The number of hydrogen-bond acceptors (Lipinski definition) is 6. The summed E-state index contributed by atoms with van der Waals surface area (Å²) in [6.45, 7) is 4.08. The van der Waals surface area contributed by atoms with E-state index in [2.05, 4.69) is 21.3 Å². The predicted molar refractivity (Wildman–Crippen MR) is 75.6 cm³/mol. The highest BCUT2D eigenvalue weighted by atomic mass is 32.2. The molecule has 0 unspecified atom stereocenters. The average molecular weight is 263 g/mol. The zero-order valence-corrected chi connectivity index (χ0v) is 11.0. The molecule has 1 aliphatic rings. The molecule has 96 valence electrons. The molecule has 0 aromatic carbocycles. The zero-order valence-electron chi connectivity index (χ0n) is 10.2. The molecule has 1 aromatic rings. The van der Waals surface area contributed by atoms with Gasteiger partial charge in [-0.25, -0.2) is 4.98 Å². The summed E-state index contributed by atoms with van der Waals surface area (Å²) in [6, 6.07) is 3.75. The first-order valence-corrected chi connectivity index (χ1v) is 7.14. The molecule has 18 heavy (non-hydrogen) atoms. The van der Waals surface area contributed by atoms with Gasteiger partial charge in [0.1, 0.15) is 11.9 Å². The molecule has 1 aromatic heterocycles. The fourth-order valence-electron chi connectivity index (χ4n) is 1.86. The van der Waals surface area contributed by atoms with Gasteiger partial charge >= 0.3 is 0 Å². The third-order valence-electron chi connectivity index (χ3n) is 2.85. The van der Waals surface area contributed by atoms with E-state index in [1.165, 1.54) is 11.5 Å². The number of aromatic nitrogens is 1. The lowest BCUT2D eigenvalue weighted by Crippen LogP contribution is -2.36. The SMILES string of the molecule is N#Cc1cc(N)cnc1NCCN1CCSCC1. The van der Waals surface area contributed by atoms with Crippen molar-refractivity contribution in [1.82, 2.24) is 9.88 Å². The minimum Gasteiger partial charge on any atom is -0.397 e. The Bertz CT molecular complexity index is 437. The van der Waals surface area contributed by atoms with Crippen LogP contribution in [0, 0.1) is 11.3 Å². The Balaban J connectivity index is 1.84. The molecule has 2 rings (SSSR count). The van der Waals surface area contributed by atoms with Crippen LogP contribution in [0.15, 0.2) is 12.3 Å². The predicted octanol–water partition coefficient (Wildman–Crippen LogP) is 0.996. The molecule has 0 bridgehead atoms. The van der Waals surface area contributed by atoms with Crippen LogP contribution in [-0.2, 0) is 0 Å². The van der Waals surface area contributed by atoms with Gasteiger partial charge in [-0.2, -0.15) is 17.0 Å². The summed E-state index contributed by atoms with van der Waals surface area (Å²) in [6.07, 6.45) is 1.57. The minimum atomic E-state index is 0.504. The van der Waals surface area contributed by atoms with E-state index in [-0.39, 0.29) is 0 Å². The normalized spacial score (nSPS) is 16.2. The lowest BCUT2D eigenvalue weighted by Gasteiger charge is -2.26. The number of pyridine rings is 1. The summed E-state index contributed by atoms with van der Waals surface area (Å²) in [5, 5.41) is 12.2. The zero-order chi connectivity index (χ0) is 12.8. The summed E-state index contributed by atoms with van der Waals surface area (Å²) in [5.41, 5.74) is 6.62. The first kappa shape index (κ1) is 13.0. The molecule has 0 spiro atoms. The smallest absolute Gasteiger partial charge is 0.144 e. The van der Waals surface area contributed by atoms with E-state index in [0.717, 1.165) is 26.2 Å².